The quantitative estimate of drug-likeness (QED) is 0.896. The number of hydrogen-bond acceptors (Lipinski definition) is 2. The van der Waals surface area contributed by atoms with Crippen molar-refractivity contribution in [1.29, 1.82) is 0 Å². The van der Waals surface area contributed by atoms with Gasteiger partial charge < -0.3 is 10.4 Å². The second-order valence-corrected chi connectivity index (χ2v) is 4.46. The molecule has 0 spiro atoms. The Kier molecular flexibility index (Phi) is 4.15. The van der Waals surface area contributed by atoms with Gasteiger partial charge in [-0.15, -0.1) is 0 Å². The van der Waals surface area contributed by atoms with E-state index in [4.69, 9.17) is 0 Å². The summed E-state index contributed by atoms with van der Waals surface area (Å²) in [6.07, 6.45) is 0. The number of benzene rings is 2. The third kappa shape index (κ3) is 3.23. The van der Waals surface area contributed by atoms with E-state index in [0.717, 1.165) is 11.1 Å². The van der Waals surface area contributed by atoms with Crippen molar-refractivity contribution in [2.75, 3.05) is 0 Å². The Balaban J connectivity index is 2.38. The summed E-state index contributed by atoms with van der Waals surface area (Å²) in [5.41, 5.74) is 2.47. The second-order valence-electron chi connectivity index (χ2n) is 4.46. The van der Waals surface area contributed by atoms with Crippen LogP contribution in [0.25, 0.3) is 11.1 Å². The average Bonchev–Trinajstić information content (AvgIpc) is 2.45. The van der Waals surface area contributed by atoms with Gasteiger partial charge in [-0.05, 0) is 22.8 Å². The Bertz CT molecular complexity index is 623. The van der Waals surface area contributed by atoms with Crippen LogP contribution in [0, 0.1) is 0 Å². The summed E-state index contributed by atoms with van der Waals surface area (Å²) in [6, 6.07) is 15.8. The molecule has 20 heavy (non-hydrogen) atoms. The molecule has 0 aliphatic carbocycles. The lowest BCUT2D eigenvalue weighted by Gasteiger charge is -2.14. The molecule has 102 valence electrons. The van der Waals surface area contributed by atoms with Crippen molar-refractivity contribution in [2.24, 2.45) is 0 Å². The van der Waals surface area contributed by atoms with Crippen molar-refractivity contribution in [3.8, 4) is 11.1 Å². The lowest BCUT2D eigenvalue weighted by atomic mass is 9.99. The molecular weight excluding hydrogens is 254 g/mol. The first-order valence-corrected chi connectivity index (χ1v) is 6.23. The van der Waals surface area contributed by atoms with Crippen LogP contribution < -0.4 is 5.32 Å². The van der Waals surface area contributed by atoms with E-state index in [9.17, 15) is 14.7 Å². The molecule has 2 aromatic carbocycles. The van der Waals surface area contributed by atoms with Crippen LogP contribution in [0.2, 0.25) is 0 Å². The van der Waals surface area contributed by atoms with Crippen molar-refractivity contribution >= 4 is 11.9 Å². The number of aliphatic carboxylic acids is 1. The molecule has 0 radical (unpaired) electrons. The molecule has 2 N–H and O–H groups in total. The van der Waals surface area contributed by atoms with Crippen molar-refractivity contribution in [2.45, 2.75) is 13.0 Å². The summed E-state index contributed by atoms with van der Waals surface area (Å²) < 4.78 is 0. The highest BCUT2D eigenvalue weighted by molar-refractivity contribution is 5.83. The topological polar surface area (TPSA) is 66.4 Å². The lowest BCUT2D eigenvalue weighted by Crippen LogP contribution is -2.31. The summed E-state index contributed by atoms with van der Waals surface area (Å²) in [5.74, 6) is -1.45. The van der Waals surface area contributed by atoms with Crippen molar-refractivity contribution in [3.05, 3.63) is 60.2 Å². The fraction of sp³-hybridized carbons (Fsp3) is 0.125. The van der Waals surface area contributed by atoms with Gasteiger partial charge in [0, 0.05) is 6.92 Å². The zero-order valence-electron chi connectivity index (χ0n) is 11.0. The Labute approximate surface area is 117 Å². The van der Waals surface area contributed by atoms with Crippen LogP contribution in [-0.2, 0) is 9.59 Å². The Morgan fingerprint density at radius 2 is 1.65 bits per heavy atom. The van der Waals surface area contributed by atoms with Gasteiger partial charge >= 0.3 is 5.97 Å². The van der Waals surface area contributed by atoms with Crippen LogP contribution in [-0.4, -0.2) is 17.0 Å². The highest BCUT2D eigenvalue weighted by atomic mass is 16.4. The van der Waals surface area contributed by atoms with Gasteiger partial charge in [-0.1, -0.05) is 48.5 Å². The molecule has 4 heteroatoms. The first-order chi connectivity index (χ1) is 9.58. The van der Waals surface area contributed by atoms with E-state index < -0.39 is 12.0 Å². The standard InChI is InChI=1S/C16H15NO3/c1-11(18)17-15(16(19)20)14-9-5-8-13(10-14)12-6-3-2-4-7-12/h2-10,15H,1H3,(H,17,18)(H,19,20). The van der Waals surface area contributed by atoms with Gasteiger partial charge in [0.1, 0.15) is 0 Å². The van der Waals surface area contributed by atoms with E-state index >= 15 is 0 Å². The monoisotopic (exact) mass is 269 g/mol. The van der Waals surface area contributed by atoms with E-state index in [0.29, 0.717) is 5.56 Å². The molecule has 0 aliphatic rings. The summed E-state index contributed by atoms with van der Waals surface area (Å²) >= 11 is 0. The molecule has 0 saturated carbocycles. The summed E-state index contributed by atoms with van der Waals surface area (Å²) in [5, 5.41) is 11.7. The van der Waals surface area contributed by atoms with Crippen molar-refractivity contribution < 1.29 is 14.7 Å². The minimum atomic E-state index is -1.08. The van der Waals surface area contributed by atoms with E-state index in [-0.39, 0.29) is 5.91 Å². The minimum absolute atomic E-state index is 0.373. The van der Waals surface area contributed by atoms with Gasteiger partial charge in [-0.25, -0.2) is 4.79 Å². The average molecular weight is 269 g/mol. The van der Waals surface area contributed by atoms with E-state index in [1.54, 1.807) is 18.2 Å². The fourth-order valence-electron chi connectivity index (χ4n) is 2.02. The lowest BCUT2D eigenvalue weighted by molar-refractivity contribution is -0.141. The molecule has 1 unspecified atom stereocenters. The summed E-state index contributed by atoms with van der Waals surface area (Å²) in [4.78, 5) is 22.4. The Morgan fingerprint density at radius 1 is 1.00 bits per heavy atom. The third-order valence-electron chi connectivity index (χ3n) is 2.92. The van der Waals surface area contributed by atoms with Crippen LogP contribution in [0.3, 0.4) is 0 Å². The van der Waals surface area contributed by atoms with E-state index in [2.05, 4.69) is 5.32 Å². The Hall–Kier alpha value is -2.62. The molecule has 0 fully saturated rings. The molecule has 2 aromatic rings. The molecule has 0 saturated heterocycles. The third-order valence-corrected chi connectivity index (χ3v) is 2.92. The molecule has 0 aliphatic heterocycles. The number of hydrogen-bond donors (Lipinski definition) is 2. The molecule has 0 aromatic heterocycles. The predicted octanol–water partition coefficient (Wildman–Crippen LogP) is 2.62. The van der Waals surface area contributed by atoms with Gasteiger partial charge in [0.2, 0.25) is 5.91 Å². The maximum atomic E-state index is 11.3. The van der Waals surface area contributed by atoms with Crippen LogP contribution in [0.15, 0.2) is 54.6 Å². The summed E-state index contributed by atoms with van der Waals surface area (Å²) in [6.45, 7) is 1.30. The van der Waals surface area contributed by atoms with Gasteiger partial charge in [0.15, 0.2) is 6.04 Å². The number of rotatable bonds is 4. The number of carbonyl (C=O) groups is 2. The molecule has 1 atom stereocenters. The maximum Gasteiger partial charge on any atom is 0.330 e. The van der Waals surface area contributed by atoms with Gasteiger partial charge in [-0.2, -0.15) is 0 Å². The van der Waals surface area contributed by atoms with Gasteiger partial charge in [0.25, 0.3) is 0 Å². The fourth-order valence-corrected chi connectivity index (χ4v) is 2.02. The summed E-state index contributed by atoms with van der Waals surface area (Å²) in [7, 11) is 0. The normalized spacial score (nSPS) is 11.7. The highest BCUT2D eigenvalue weighted by Gasteiger charge is 2.20. The van der Waals surface area contributed by atoms with Crippen LogP contribution in [0.1, 0.15) is 18.5 Å². The first-order valence-electron chi connectivity index (χ1n) is 6.23. The second kappa shape index (κ2) is 6.02. The number of carbonyl (C=O) groups excluding carboxylic acids is 1. The van der Waals surface area contributed by atoms with Crippen LogP contribution >= 0.6 is 0 Å². The highest BCUT2D eigenvalue weighted by Crippen LogP contribution is 2.23. The zero-order chi connectivity index (χ0) is 14.5. The number of carboxylic acid groups (broad SMARTS) is 1. The largest absolute Gasteiger partial charge is 0.479 e. The first kappa shape index (κ1) is 13.8. The van der Waals surface area contributed by atoms with Crippen molar-refractivity contribution in [3.63, 3.8) is 0 Å². The molecule has 4 nitrogen and oxygen atoms in total. The van der Waals surface area contributed by atoms with Crippen molar-refractivity contribution in [1.82, 2.24) is 5.32 Å². The van der Waals surface area contributed by atoms with E-state index in [1.807, 2.05) is 36.4 Å². The number of carboxylic acids is 1. The number of nitrogens with one attached hydrogen (secondary N) is 1. The van der Waals surface area contributed by atoms with E-state index in [1.165, 1.54) is 6.92 Å². The molecule has 1 amide bonds. The van der Waals surface area contributed by atoms with Gasteiger partial charge in [-0.3, -0.25) is 4.79 Å². The molecule has 2 rings (SSSR count). The predicted molar refractivity (Wildman–Crippen MR) is 76.1 cm³/mol. The Morgan fingerprint density at radius 3 is 2.25 bits per heavy atom. The van der Waals surface area contributed by atoms with Gasteiger partial charge in [0.05, 0.1) is 0 Å². The molecular formula is C16H15NO3. The smallest absolute Gasteiger partial charge is 0.330 e. The molecule has 0 heterocycles. The van der Waals surface area contributed by atoms with Crippen LogP contribution in [0.5, 0.6) is 0 Å². The molecule has 0 bridgehead atoms. The zero-order valence-corrected chi connectivity index (χ0v) is 11.0. The van der Waals surface area contributed by atoms with Crippen LogP contribution in [0.4, 0.5) is 0 Å². The number of amides is 1. The SMILES string of the molecule is CC(=O)NC(C(=O)O)c1cccc(-c2ccccc2)c1. The maximum absolute atomic E-state index is 11.3. The minimum Gasteiger partial charge on any atom is -0.479 e.